The van der Waals surface area contributed by atoms with Gasteiger partial charge in [0.15, 0.2) is 0 Å². The van der Waals surface area contributed by atoms with Crippen LogP contribution in [-0.4, -0.2) is 30.9 Å². The van der Waals surface area contributed by atoms with Crippen LogP contribution in [0.1, 0.15) is 31.2 Å². The molecule has 0 aliphatic heterocycles. The van der Waals surface area contributed by atoms with Crippen LogP contribution in [-0.2, 0) is 11.3 Å². The maximum atomic E-state index is 11.9. The van der Waals surface area contributed by atoms with Crippen molar-refractivity contribution in [2.24, 2.45) is 0 Å². The van der Waals surface area contributed by atoms with E-state index in [1.54, 1.807) is 7.11 Å². The summed E-state index contributed by atoms with van der Waals surface area (Å²) in [6.07, 6.45) is 3.94. The molecule has 98 valence electrons. The lowest BCUT2D eigenvalue weighted by Crippen LogP contribution is -2.40. The minimum atomic E-state index is 0.0867. The second kappa shape index (κ2) is 6.01. The van der Waals surface area contributed by atoms with Crippen LogP contribution in [0.5, 0.6) is 5.75 Å². The third-order valence-electron chi connectivity index (χ3n) is 3.67. The SMILES string of the molecule is COc1ccccc1CN(C)C1CCCCC1=O. The molecule has 1 aromatic carbocycles. The molecule has 0 radical (unpaired) electrons. The maximum absolute atomic E-state index is 11.9. The molecule has 3 nitrogen and oxygen atoms in total. The van der Waals surface area contributed by atoms with Gasteiger partial charge < -0.3 is 4.74 Å². The van der Waals surface area contributed by atoms with Crippen LogP contribution < -0.4 is 4.74 Å². The summed E-state index contributed by atoms with van der Waals surface area (Å²) in [5.74, 6) is 1.28. The maximum Gasteiger partial charge on any atom is 0.149 e. The van der Waals surface area contributed by atoms with Crippen molar-refractivity contribution in [3.8, 4) is 5.75 Å². The Kier molecular flexibility index (Phi) is 4.37. The van der Waals surface area contributed by atoms with Crippen LogP contribution in [0.3, 0.4) is 0 Å². The fourth-order valence-electron chi connectivity index (χ4n) is 2.64. The zero-order valence-electron chi connectivity index (χ0n) is 11.2. The van der Waals surface area contributed by atoms with E-state index in [9.17, 15) is 4.79 Å². The summed E-state index contributed by atoms with van der Waals surface area (Å²) in [5.41, 5.74) is 1.14. The standard InChI is InChI=1S/C15H21NO2/c1-16(13-8-4-5-9-14(13)17)11-12-7-3-6-10-15(12)18-2/h3,6-7,10,13H,4-5,8-9,11H2,1-2H3. The number of Topliss-reactive ketones (excluding diaryl/α,β-unsaturated/α-hetero) is 1. The van der Waals surface area contributed by atoms with Crippen molar-refractivity contribution >= 4 is 5.78 Å². The molecule has 2 rings (SSSR count). The summed E-state index contributed by atoms with van der Waals surface area (Å²) in [6.45, 7) is 0.764. The Morgan fingerprint density at radius 2 is 2.11 bits per heavy atom. The molecule has 0 N–H and O–H groups in total. The van der Waals surface area contributed by atoms with Gasteiger partial charge in [-0.3, -0.25) is 9.69 Å². The molecule has 0 saturated heterocycles. The third-order valence-corrected chi connectivity index (χ3v) is 3.67. The van der Waals surface area contributed by atoms with Crippen molar-refractivity contribution in [1.82, 2.24) is 4.90 Å². The molecule has 1 unspecified atom stereocenters. The Morgan fingerprint density at radius 3 is 2.83 bits per heavy atom. The van der Waals surface area contributed by atoms with E-state index in [0.29, 0.717) is 5.78 Å². The van der Waals surface area contributed by atoms with E-state index >= 15 is 0 Å². The number of carbonyl (C=O) groups is 1. The van der Waals surface area contributed by atoms with E-state index < -0.39 is 0 Å². The number of ether oxygens (including phenoxy) is 1. The molecule has 0 amide bonds. The monoisotopic (exact) mass is 247 g/mol. The van der Waals surface area contributed by atoms with Crippen molar-refractivity contribution in [1.29, 1.82) is 0 Å². The number of hydrogen-bond acceptors (Lipinski definition) is 3. The normalized spacial score (nSPS) is 20.2. The molecule has 1 fully saturated rings. The lowest BCUT2D eigenvalue weighted by atomic mass is 9.93. The van der Waals surface area contributed by atoms with Gasteiger partial charge in [-0.05, 0) is 26.0 Å². The highest BCUT2D eigenvalue weighted by atomic mass is 16.5. The summed E-state index contributed by atoms with van der Waals surface area (Å²) in [4.78, 5) is 14.1. The number of methoxy groups -OCH3 is 1. The van der Waals surface area contributed by atoms with Crippen LogP contribution in [0.15, 0.2) is 24.3 Å². The summed E-state index contributed by atoms with van der Waals surface area (Å²) >= 11 is 0. The van der Waals surface area contributed by atoms with Gasteiger partial charge in [-0.15, -0.1) is 0 Å². The number of nitrogens with zero attached hydrogens (tertiary/aromatic N) is 1. The lowest BCUT2D eigenvalue weighted by molar-refractivity contribution is -0.125. The molecule has 1 aliphatic rings. The number of carbonyl (C=O) groups excluding carboxylic acids is 1. The second-order valence-corrected chi connectivity index (χ2v) is 4.95. The highest BCUT2D eigenvalue weighted by Crippen LogP contribution is 2.23. The van der Waals surface area contributed by atoms with Crippen LogP contribution in [0.4, 0.5) is 0 Å². The van der Waals surface area contributed by atoms with Crippen molar-refractivity contribution in [3.63, 3.8) is 0 Å². The van der Waals surface area contributed by atoms with Gasteiger partial charge in [0.1, 0.15) is 11.5 Å². The molecule has 1 aliphatic carbocycles. The predicted octanol–water partition coefficient (Wildman–Crippen LogP) is 2.64. The first kappa shape index (κ1) is 13.1. The molecule has 1 aromatic rings. The van der Waals surface area contributed by atoms with Crippen LogP contribution >= 0.6 is 0 Å². The van der Waals surface area contributed by atoms with E-state index in [4.69, 9.17) is 4.74 Å². The van der Waals surface area contributed by atoms with Crippen molar-refractivity contribution in [3.05, 3.63) is 29.8 Å². The first-order chi connectivity index (χ1) is 8.72. The molecule has 0 heterocycles. The van der Waals surface area contributed by atoms with Crippen LogP contribution in [0.2, 0.25) is 0 Å². The van der Waals surface area contributed by atoms with Gasteiger partial charge >= 0.3 is 0 Å². The number of rotatable bonds is 4. The van der Waals surface area contributed by atoms with Gasteiger partial charge in [0, 0.05) is 18.5 Å². The van der Waals surface area contributed by atoms with Gasteiger partial charge in [-0.2, -0.15) is 0 Å². The molecule has 1 saturated carbocycles. The first-order valence-corrected chi connectivity index (χ1v) is 6.57. The average Bonchev–Trinajstić information content (AvgIpc) is 2.39. The molecule has 1 atom stereocenters. The topological polar surface area (TPSA) is 29.5 Å². The molecule has 0 bridgehead atoms. The molecular weight excluding hydrogens is 226 g/mol. The van der Waals surface area contributed by atoms with Gasteiger partial charge in [0.05, 0.1) is 13.2 Å². The lowest BCUT2D eigenvalue weighted by Gasteiger charge is -2.30. The van der Waals surface area contributed by atoms with Gasteiger partial charge in [0.25, 0.3) is 0 Å². The van der Waals surface area contributed by atoms with E-state index in [-0.39, 0.29) is 6.04 Å². The fourth-order valence-corrected chi connectivity index (χ4v) is 2.64. The quantitative estimate of drug-likeness (QED) is 0.819. The first-order valence-electron chi connectivity index (χ1n) is 6.57. The third kappa shape index (κ3) is 2.91. The molecule has 18 heavy (non-hydrogen) atoms. The van der Waals surface area contributed by atoms with E-state index in [1.807, 2.05) is 25.2 Å². The Morgan fingerprint density at radius 1 is 1.33 bits per heavy atom. The number of para-hydroxylation sites is 1. The zero-order chi connectivity index (χ0) is 13.0. The fraction of sp³-hybridized carbons (Fsp3) is 0.533. The number of hydrogen-bond donors (Lipinski definition) is 0. The summed E-state index contributed by atoms with van der Waals surface area (Å²) in [6, 6.07) is 8.08. The highest BCUT2D eigenvalue weighted by Gasteiger charge is 2.26. The van der Waals surface area contributed by atoms with E-state index in [0.717, 1.165) is 43.5 Å². The summed E-state index contributed by atoms with van der Waals surface area (Å²) in [5, 5.41) is 0. The van der Waals surface area contributed by atoms with E-state index in [2.05, 4.69) is 11.0 Å². The molecular formula is C15H21NO2. The Hall–Kier alpha value is -1.35. The minimum Gasteiger partial charge on any atom is -0.496 e. The van der Waals surface area contributed by atoms with Gasteiger partial charge in [0.2, 0.25) is 0 Å². The van der Waals surface area contributed by atoms with Crippen molar-refractivity contribution in [2.45, 2.75) is 38.3 Å². The zero-order valence-corrected chi connectivity index (χ0v) is 11.2. The van der Waals surface area contributed by atoms with Crippen molar-refractivity contribution < 1.29 is 9.53 Å². The van der Waals surface area contributed by atoms with Crippen molar-refractivity contribution in [2.75, 3.05) is 14.2 Å². The van der Waals surface area contributed by atoms with Crippen LogP contribution in [0.25, 0.3) is 0 Å². The Balaban J connectivity index is 2.06. The van der Waals surface area contributed by atoms with Gasteiger partial charge in [-0.1, -0.05) is 24.6 Å². The minimum absolute atomic E-state index is 0.0867. The van der Waals surface area contributed by atoms with Crippen LogP contribution in [0, 0.1) is 0 Å². The molecule has 3 heteroatoms. The van der Waals surface area contributed by atoms with Gasteiger partial charge in [-0.25, -0.2) is 0 Å². The highest BCUT2D eigenvalue weighted by molar-refractivity contribution is 5.84. The smallest absolute Gasteiger partial charge is 0.149 e. The summed E-state index contributed by atoms with van der Waals surface area (Å²) in [7, 11) is 3.71. The largest absolute Gasteiger partial charge is 0.496 e. The Bertz CT molecular complexity index is 417. The second-order valence-electron chi connectivity index (χ2n) is 4.95. The molecule has 0 aromatic heterocycles. The summed E-state index contributed by atoms with van der Waals surface area (Å²) < 4.78 is 5.35. The molecule has 0 spiro atoms. The Labute approximate surface area is 109 Å². The van der Waals surface area contributed by atoms with E-state index in [1.165, 1.54) is 0 Å². The number of benzene rings is 1. The predicted molar refractivity (Wildman–Crippen MR) is 71.7 cm³/mol. The average molecular weight is 247 g/mol. The number of ketones is 1. The number of likely N-dealkylation sites (N-methyl/N-ethyl adjacent to an activating group) is 1.